The average Bonchev–Trinajstić information content (AvgIpc) is 2.29. The highest BCUT2D eigenvalue weighted by Crippen LogP contribution is 2.34. The van der Waals surface area contributed by atoms with Gasteiger partial charge in [-0.2, -0.15) is 0 Å². The lowest BCUT2D eigenvalue weighted by Gasteiger charge is -2.37. The Hall–Kier alpha value is -1.02. The van der Waals surface area contributed by atoms with Crippen LogP contribution < -0.4 is 5.73 Å². The number of hydrogen-bond acceptors (Lipinski definition) is 2. The van der Waals surface area contributed by atoms with Crippen LogP contribution in [-0.2, 0) is 6.42 Å². The van der Waals surface area contributed by atoms with E-state index in [0.717, 1.165) is 30.7 Å². The van der Waals surface area contributed by atoms with Crippen LogP contribution in [0.5, 0.6) is 5.75 Å². The summed E-state index contributed by atoms with van der Waals surface area (Å²) in [6, 6.07) is 7.49. The molecule has 0 atom stereocenters. The van der Waals surface area contributed by atoms with Crippen LogP contribution in [0.25, 0.3) is 0 Å². The van der Waals surface area contributed by atoms with E-state index in [1.807, 2.05) is 12.1 Å². The molecular formula is C15H23NO. The monoisotopic (exact) mass is 233 g/mol. The average molecular weight is 233 g/mol. The Morgan fingerprint density at radius 3 is 2.65 bits per heavy atom. The van der Waals surface area contributed by atoms with E-state index in [1.165, 1.54) is 19.3 Å². The fourth-order valence-electron chi connectivity index (χ4n) is 2.91. The smallest absolute Gasteiger partial charge is 0.115 e. The zero-order valence-corrected chi connectivity index (χ0v) is 10.7. The molecule has 0 amide bonds. The predicted molar refractivity (Wildman–Crippen MR) is 71.0 cm³/mol. The number of benzene rings is 1. The van der Waals surface area contributed by atoms with Crippen LogP contribution in [0.2, 0.25) is 0 Å². The van der Waals surface area contributed by atoms with Crippen LogP contribution in [0.1, 0.15) is 44.6 Å². The van der Waals surface area contributed by atoms with E-state index in [0.29, 0.717) is 5.75 Å². The molecule has 0 aliphatic heterocycles. The summed E-state index contributed by atoms with van der Waals surface area (Å²) in [5.41, 5.74) is 7.58. The third-order valence-corrected chi connectivity index (χ3v) is 4.15. The number of phenols is 1. The molecule has 94 valence electrons. The highest BCUT2D eigenvalue weighted by Gasteiger charge is 2.31. The minimum Gasteiger partial charge on any atom is -0.508 e. The number of aromatic hydroxyl groups is 1. The first-order valence-corrected chi connectivity index (χ1v) is 6.68. The molecule has 2 rings (SSSR count). The summed E-state index contributed by atoms with van der Waals surface area (Å²) in [6.45, 7) is 2.27. The van der Waals surface area contributed by atoms with Crippen molar-refractivity contribution in [3.05, 3.63) is 29.8 Å². The third-order valence-electron chi connectivity index (χ3n) is 4.15. The van der Waals surface area contributed by atoms with Gasteiger partial charge in [0.25, 0.3) is 0 Å². The highest BCUT2D eigenvalue weighted by molar-refractivity contribution is 5.28. The fourth-order valence-corrected chi connectivity index (χ4v) is 2.91. The van der Waals surface area contributed by atoms with Crippen LogP contribution in [-0.4, -0.2) is 10.6 Å². The van der Waals surface area contributed by atoms with Crippen LogP contribution >= 0.6 is 0 Å². The summed E-state index contributed by atoms with van der Waals surface area (Å²) in [7, 11) is 0. The second-order valence-corrected chi connectivity index (χ2v) is 5.56. The van der Waals surface area contributed by atoms with Crippen molar-refractivity contribution < 1.29 is 5.11 Å². The second-order valence-electron chi connectivity index (χ2n) is 5.56. The molecular weight excluding hydrogens is 210 g/mol. The molecule has 1 saturated carbocycles. The van der Waals surface area contributed by atoms with Crippen LogP contribution in [0.15, 0.2) is 24.3 Å². The highest BCUT2D eigenvalue weighted by atomic mass is 16.3. The molecule has 0 unspecified atom stereocenters. The van der Waals surface area contributed by atoms with Gasteiger partial charge in [0.1, 0.15) is 5.75 Å². The second kappa shape index (κ2) is 5.09. The van der Waals surface area contributed by atoms with Gasteiger partial charge < -0.3 is 10.8 Å². The molecule has 0 spiro atoms. The molecule has 0 heterocycles. The number of rotatable bonds is 3. The molecule has 0 radical (unpaired) electrons. The lowest BCUT2D eigenvalue weighted by Crippen LogP contribution is -2.45. The maximum atomic E-state index is 9.47. The SMILES string of the molecule is CCC1CCC(N)(Cc2cccc(O)c2)CC1. The first kappa shape index (κ1) is 12.4. The standard InChI is InChI=1S/C15H23NO/c1-2-12-6-8-15(16,9-7-12)11-13-4-3-5-14(17)10-13/h3-5,10,12,17H,2,6-9,11,16H2,1H3. The number of hydrogen-bond donors (Lipinski definition) is 2. The zero-order valence-electron chi connectivity index (χ0n) is 10.7. The Kier molecular flexibility index (Phi) is 3.72. The Bertz CT molecular complexity index is 367. The van der Waals surface area contributed by atoms with E-state index in [4.69, 9.17) is 5.73 Å². The van der Waals surface area contributed by atoms with Gasteiger partial charge in [-0.25, -0.2) is 0 Å². The Balaban J connectivity index is 1.99. The fraction of sp³-hybridized carbons (Fsp3) is 0.600. The van der Waals surface area contributed by atoms with Gasteiger partial charge in [-0.1, -0.05) is 25.5 Å². The van der Waals surface area contributed by atoms with Crippen molar-refractivity contribution in [2.45, 2.75) is 51.0 Å². The van der Waals surface area contributed by atoms with Gasteiger partial charge >= 0.3 is 0 Å². The van der Waals surface area contributed by atoms with Crippen molar-refractivity contribution in [3.8, 4) is 5.75 Å². The molecule has 2 nitrogen and oxygen atoms in total. The Labute approximate surface area is 104 Å². The Morgan fingerprint density at radius 1 is 1.35 bits per heavy atom. The molecule has 2 heteroatoms. The molecule has 0 aromatic heterocycles. The van der Waals surface area contributed by atoms with Gasteiger partial charge in [0.2, 0.25) is 0 Å². The molecule has 1 aromatic rings. The van der Waals surface area contributed by atoms with Gasteiger partial charge in [-0.05, 0) is 55.7 Å². The van der Waals surface area contributed by atoms with E-state index in [9.17, 15) is 5.11 Å². The molecule has 3 N–H and O–H groups in total. The zero-order chi connectivity index (χ0) is 12.3. The summed E-state index contributed by atoms with van der Waals surface area (Å²) in [6.07, 6.45) is 6.90. The van der Waals surface area contributed by atoms with Crippen molar-refractivity contribution in [1.29, 1.82) is 0 Å². The van der Waals surface area contributed by atoms with Crippen molar-refractivity contribution in [3.63, 3.8) is 0 Å². The summed E-state index contributed by atoms with van der Waals surface area (Å²) >= 11 is 0. The van der Waals surface area contributed by atoms with Crippen molar-refractivity contribution in [2.24, 2.45) is 11.7 Å². The molecule has 17 heavy (non-hydrogen) atoms. The van der Waals surface area contributed by atoms with E-state index in [-0.39, 0.29) is 5.54 Å². The van der Waals surface area contributed by atoms with Gasteiger partial charge in [-0.3, -0.25) is 0 Å². The van der Waals surface area contributed by atoms with Crippen molar-refractivity contribution >= 4 is 0 Å². The summed E-state index contributed by atoms with van der Waals surface area (Å²) in [5, 5.41) is 9.47. The van der Waals surface area contributed by atoms with E-state index >= 15 is 0 Å². The lowest BCUT2D eigenvalue weighted by atomic mass is 9.73. The van der Waals surface area contributed by atoms with E-state index in [2.05, 4.69) is 13.0 Å². The quantitative estimate of drug-likeness (QED) is 0.842. The molecule has 1 aliphatic rings. The number of phenolic OH excluding ortho intramolecular Hbond substituents is 1. The Morgan fingerprint density at radius 2 is 2.06 bits per heavy atom. The van der Waals surface area contributed by atoms with Crippen molar-refractivity contribution in [2.75, 3.05) is 0 Å². The summed E-state index contributed by atoms with van der Waals surface area (Å²) in [5.74, 6) is 1.21. The number of nitrogens with two attached hydrogens (primary N) is 1. The van der Waals surface area contributed by atoms with Crippen LogP contribution in [0, 0.1) is 5.92 Å². The normalized spacial score (nSPS) is 29.2. The first-order valence-electron chi connectivity index (χ1n) is 6.68. The first-order chi connectivity index (χ1) is 8.11. The topological polar surface area (TPSA) is 46.2 Å². The largest absolute Gasteiger partial charge is 0.508 e. The predicted octanol–water partition coefficient (Wildman–Crippen LogP) is 3.23. The molecule has 1 aromatic carbocycles. The maximum absolute atomic E-state index is 9.47. The maximum Gasteiger partial charge on any atom is 0.115 e. The van der Waals surface area contributed by atoms with Crippen LogP contribution in [0.3, 0.4) is 0 Å². The van der Waals surface area contributed by atoms with E-state index < -0.39 is 0 Å². The minimum atomic E-state index is -0.0561. The minimum absolute atomic E-state index is 0.0561. The van der Waals surface area contributed by atoms with Gasteiger partial charge in [0.05, 0.1) is 0 Å². The van der Waals surface area contributed by atoms with E-state index in [1.54, 1.807) is 6.07 Å². The molecule has 0 saturated heterocycles. The van der Waals surface area contributed by atoms with Gasteiger partial charge in [0.15, 0.2) is 0 Å². The van der Waals surface area contributed by atoms with Gasteiger partial charge in [0, 0.05) is 5.54 Å². The molecule has 1 aliphatic carbocycles. The molecule has 0 bridgehead atoms. The summed E-state index contributed by atoms with van der Waals surface area (Å²) < 4.78 is 0. The van der Waals surface area contributed by atoms with Gasteiger partial charge in [-0.15, -0.1) is 0 Å². The molecule has 1 fully saturated rings. The lowest BCUT2D eigenvalue weighted by molar-refractivity contribution is 0.228. The third kappa shape index (κ3) is 3.22. The van der Waals surface area contributed by atoms with Crippen LogP contribution in [0.4, 0.5) is 0 Å². The van der Waals surface area contributed by atoms with Crippen molar-refractivity contribution in [1.82, 2.24) is 0 Å². The summed E-state index contributed by atoms with van der Waals surface area (Å²) in [4.78, 5) is 0.